The molecule has 47 nitrogen and oxygen atoms in total. The summed E-state index contributed by atoms with van der Waals surface area (Å²) in [5, 5.41) is 164. The minimum atomic E-state index is -5.87. The number of carboxylic acid groups (broad SMARTS) is 2. The number of aromatic nitrogens is 3. The number of benzene rings is 1. The Kier molecular flexibility index (Phi) is 45.4. The van der Waals surface area contributed by atoms with Gasteiger partial charge >= 0.3 is 25.9 Å². The largest absolute Gasteiger partial charge is 0.481 e. The van der Waals surface area contributed by atoms with Crippen LogP contribution in [0.2, 0.25) is 0 Å². The third-order valence-electron chi connectivity index (χ3n) is 24.4. The SMILES string of the molecule is C=C(C/C=C(\C)CCC=C(C)C)CCC(C)(C)/C=C/CC/C(C)=C/COC(COP(=O)(O)OC1OC(C(N)=O)C(C)(O)C(OC(N)=O)C1OC1CC(COC2CC(CO)C(O)C(O)C2O)C(OC2OC(C)C(OC3OC(c4nc(C(=O)CCC(=O)O)nn4-c4ccc([N+](=O)[O-])cc4C(=O)NCCCCCC(=O)NCCCCCC=O)C(O)C(O)C3O)C(O)C2NC(C)=O)C(O)C1NC(C)=O)C(=O)O. The van der Waals surface area contributed by atoms with E-state index in [1.165, 1.54) is 18.1 Å². The van der Waals surface area contributed by atoms with Gasteiger partial charge in [0.1, 0.15) is 79.0 Å². The van der Waals surface area contributed by atoms with E-state index in [1.54, 1.807) is 13.0 Å². The van der Waals surface area contributed by atoms with Gasteiger partial charge in [0, 0.05) is 76.8 Å². The molecule has 1 aromatic carbocycles. The number of aliphatic hydroxyl groups is 10. The number of carbonyl (C=O) groups excluding carboxylic acids is 8. The summed E-state index contributed by atoms with van der Waals surface area (Å²) in [6.45, 7) is 17.7. The molecule has 6 amide bonds. The van der Waals surface area contributed by atoms with Crippen LogP contribution >= 0.6 is 7.82 Å². The number of nitro groups is 1. The number of phosphoric ester groups is 1. The average Bonchev–Trinajstić information content (AvgIpc) is 1.02. The van der Waals surface area contributed by atoms with Crippen molar-refractivity contribution in [2.75, 3.05) is 39.5 Å². The predicted octanol–water partition coefficient (Wildman–Crippen LogP) is 2.13. The number of rotatable bonds is 55. The van der Waals surface area contributed by atoms with Gasteiger partial charge in [0.25, 0.3) is 11.6 Å². The van der Waals surface area contributed by atoms with Crippen LogP contribution < -0.4 is 32.7 Å². The van der Waals surface area contributed by atoms with Gasteiger partial charge in [0.2, 0.25) is 35.2 Å². The normalized spacial score (nSPS) is 29.8. The van der Waals surface area contributed by atoms with Gasteiger partial charge in [0.05, 0.1) is 79.0 Å². The maximum absolute atomic E-state index is 14.3. The lowest BCUT2D eigenvalue weighted by Gasteiger charge is -2.52. The van der Waals surface area contributed by atoms with Gasteiger partial charge in [-0.15, -0.1) is 5.10 Å². The average molecular weight is 1980 g/mol. The molecule has 774 valence electrons. The van der Waals surface area contributed by atoms with Crippen molar-refractivity contribution in [3.8, 4) is 5.69 Å². The Bertz CT molecular complexity index is 4640. The standard InChI is InChI=1S/C90H137N10O37P/c1-46(2)22-21-24-47(3)26-27-49(5)32-35-89(9,10)34-17-16-23-48(4)33-39-127-61(84(119)120)45-129-138(125,126)137-87-77(78(136-88(92)121)90(11,122)79(135-87)80(91)117)131-59-41-54(44-128-60-40-53(43-102)66(109)70(113)67(60)110)75(68(111)64(59)95-51(7)103)133-85-65(96-52(8)104)69(112)74(50(6)130-85)132-86-73(116)71(114)72(115)76(134-86)82-97-81(58(105)30-31-63(107)108)98-99(82)57-29-28-55(100(123)124)42-56(57)83(118)94-37-19-14-15-25-62(106)93-36-18-12-13-20-38-101/h17,22,26,28-29,33-34,38,42,50,53-54,59-61,64-79,85-87,102,109-116,122H,5,12-16,18-21,23-25,27,30-32,35-37,39-41,43-45H2,1-4,6-11H3,(H2,91,117)(H2,92,121)(H,93,106)(H,94,118)(H,95,103)(H,96,104)(H,107,108)(H,119,120)(H,125,126)/b34-17+,47-26+,48-33+. The molecule has 0 spiro atoms. The first-order valence-corrected chi connectivity index (χ1v) is 47.3. The first kappa shape index (κ1) is 116. The van der Waals surface area contributed by atoms with E-state index < -0.39 is 286 Å². The molecule has 1 aromatic heterocycles. The lowest BCUT2D eigenvalue weighted by molar-refractivity contribution is -0.384. The van der Waals surface area contributed by atoms with Gasteiger partial charge in [0.15, 0.2) is 43.0 Å². The van der Waals surface area contributed by atoms with Crippen molar-refractivity contribution in [1.82, 2.24) is 36.0 Å². The summed E-state index contributed by atoms with van der Waals surface area (Å²) in [6, 6.07) is -1.11. The van der Waals surface area contributed by atoms with Crippen LogP contribution in [0.5, 0.6) is 0 Å². The van der Waals surface area contributed by atoms with Crippen LogP contribution in [0.1, 0.15) is 224 Å². The van der Waals surface area contributed by atoms with Crippen LogP contribution in [-0.2, 0) is 89.8 Å². The number of non-ortho nitro benzene ring substituents is 1. The van der Waals surface area contributed by atoms with Gasteiger partial charge in [-0.2, -0.15) is 0 Å². The first-order valence-electron chi connectivity index (χ1n) is 45.8. The maximum Gasteiger partial charge on any atom is 0.474 e. The third-order valence-corrected chi connectivity index (χ3v) is 25.3. The number of nitrogens with zero attached hydrogens (tertiary/aromatic N) is 4. The summed E-state index contributed by atoms with van der Waals surface area (Å²) in [6.07, 6.45) is -28.5. The number of allylic oxidation sites excluding steroid dienone is 8. The molecule has 5 fully saturated rings. The lowest BCUT2D eigenvalue weighted by atomic mass is 9.78. The number of aliphatic carboxylic acids is 2. The summed E-state index contributed by atoms with van der Waals surface area (Å²) >= 11 is 0. The van der Waals surface area contributed by atoms with Crippen LogP contribution in [0.3, 0.4) is 0 Å². The predicted molar refractivity (Wildman–Crippen MR) is 483 cm³/mol. The number of carbonyl (C=O) groups is 10. The number of nitrogens with one attached hydrogen (secondary N) is 4. The highest BCUT2D eigenvalue weighted by molar-refractivity contribution is 7.47. The number of unbranched alkanes of at least 4 members (excludes halogenated alkanes) is 5. The number of hydrogen-bond donors (Lipinski definition) is 19. The molecule has 48 heteroatoms. The number of ketones is 1. The molecule has 7 rings (SSSR count). The number of nitro benzene ring substituents is 1. The molecule has 138 heavy (non-hydrogen) atoms. The van der Waals surface area contributed by atoms with Crippen molar-refractivity contribution in [1.29, 1.82) is 0 Å². The molecule has 3 saturated heterocycles. The quantitative estimate of drug-likeness (QED) is 0.00858. The molecule has 2 aromatic rings. The molecule has 5 aliphatic rings. The van der Waals surface area contributed by atoms with E-state index in [9.17, 15) is 129 Å². The van der Waals surface area contributed by atoms with Gasteiger partial charge in [-0.1, -0.05) is 85.9 Å². The number of primary amides is 2. The second-order valence-electron chi connectivity index (χ2n) is 36.5. The number of phosphoric acid groups is 1. The molecule has 4 heterocycles. The highest BCUT2D eigenvalue weighted by atomic mass is 31.2. The Morgan fingerprint density at radius 3 is 1.99 bits per heavy atom. The van der Waals surface area contributed by atoms with Crippen molar-refractivity contribution >= 4 is 73.1 Å². The van der Waals surface area contributed by atoms with Crippen molar-refractivity contribution < 1.29 is 175 Å². The zero-order chi connectivity index (χ0) is 103. The second kappa shape index (κ2) is 54.1. The van der Waals surface area contributed by atoms with Crippen molar-refractivity contribution in [3.63, 3.8) is 0 Å². The highest BCUT2D eigenvalue weighted by Crippen LogP contribution is 2.50. The van der Waals surface area contributed by atoms with Gasteiger partial charge in [-0.25, -0.2) is 23.8 Å². The van der Waals surface area contributed by atoms with Crippen molar-refractivity contribution in [2.45, 2.75) is 338 Å². The number of ether oxygens (including phenoxy) is 9. The van der Waals surface area contributed by atoms with E-state index in [4.69, 9.17) is 63.1 Å². The van der Waals surface area contributed by atoms with E-state index in [-0.39, 0.29) is 43.7 Å². The monoisotopic (exact) mass is 1980 g/mol. The first-order chi connectivity index (χ1) is 64.9. The number of nitrogens with two attached hydrogens (primary N) is 2. The molecule has 21 N–H and O–H groups in total. The summed E-state index contributed by atoms with van der Waals surface area (Å²) in [5.41, 5.74) is 11.1. The molecule has 27 unspecified atom stereocenters. The Morgan fingerprint density at radius 1 is 0.717 bits per heavy atom. The molecule has 27 atom stereocenters. The van der Waals surface area contributed by atoms with E-state index in [1.807, 2.05) is 6.08 Å². The van der Waals surface area contributed by atoms with Crippen LogP contribution in [0.25, 0.3) is 5.69 Å². The molecular formula is C90H137N10O37P. The lowest BCUT2D eigenvalue weighted by Crippen LogP contribution is -2.71. The molecule has 2 aliphatic carbocycles. The van der Waals surface area contributed by atoms with Crippen molar-refractivity contribution in [2.24, 2.45) is 28.7 Å². The van der Waals surface area contributed by atoms with Gasteiger partial charge in [-0.3, -0.25) is 52.7 Å². The minimum Gasteiger partial charge on any atom is -0.481 e. The Hall–Kier alpha value is -9.25. The smallest absolute Gasteiger partial charge is 0.474 e. The highest BCUT2D eigenvalue weighted by Gasteiger charge is 2.62. The number of aliphatic hydroxyl groups excluding tert-OH is 9. The van der Waals surface area contributed by atoms with E-state index in [0.29, 0.717) is 51.5 Å². The second-order valence-corrected chi connectivity index (χ2v) is 37.9. The zero-order valence-corrected chi connectivity index (χ0v) is 79.9. The van der Waals surface area contributed by atoms with E-state index >= 15 is 0 Å². The molecule has 0 bridgehead atoms. The fourth-order valence-electron chi connectivity index (χ4n) is 16.5. The third kappa shape index (κ3) is 34.0. The van der Waals surface area contributed by atoms with Crippen molar-refractivity contribution in [3.05, 3.63) is 105 Å². The summed E-state index contributed by atoms with van der Waals surface area (Å²) in [5.74, 6) is -13.0. The Balaban J connectivity index is 1.16. The summed E-state index contributed by atoms with van der Waals surface area (Å²) < 4.78 is 80.6. The molecule has 0 radical (unpaired) electrons. The summed E-state index contributed by atoms with van der Waals surface area (Å²) in [7, 11) is -5.87. The van der Waals surface area contributed by atoms with Crippen LogP contribution in [0.15, 0.2) is 77.5 Å². The number of amides is 6. The minimum absolute atomic E-state index is 0.0686. The van der Waals surface area contributed by atoms with Crippen LogP contribution in [0, 0.1) is 27.4 Å². The number of Topliss-reactive ketones (excluding diaryl/α,β-unsaturated/α-hetero) is 1. The number of carboxylic acids is 2. The summed E-state index contributed by atoms with van der Waals surface area (Å²) in [4.78, 5) is 156. The van der Waals surface area contributed by atoms with Gasteiger partial charge in [-0.05, 0) is 136 Å². The topological polar surface area (TPSA) is 726 Å². The fourth-order valence-corrected chi connectivity index (χ4v) is 17.3. The zero-order valence-electron chi connectivity index (χ0n) is 79.0. The number of aldehydes is 1. The number of hydrogen-bond acceptors (Lipinski definition) is 36. The van der Waals surface area contributed by atoms with Crippen LogP contribution in [-0.4, -0.2) is 325 Å². The Labute approximate surface area is 797 Å². The maximum atomic E-state index is 14.3. The Morgan fingerprint density at radius 2 is 1.36 bits per heavy atom. The molecular weight excluding hydrogens is 1840 g/mol. The van der Waals surface area contributed by atoms with Gasteiger partial charge < -0.3 is 146 Å². The molecule has 3 aliphatic heterocycles. The molecule has 2 saturated carbocycles. The van der Waals surface area contributed by atoms with Crippen LogP contribution in [0.4, 0.5) is 10.5 Å². The fraction of sp³-hybridized carbons (Fsp3) is 0.689. The van der Waals surface area contributed by atoms with E-state index in [0.717, 1.165) is 99.6 Å². The van der Waals surface area contributed by atoms with E-state index in [2.05, 4.69) is 90.8 Å².